The number of halogens is 3. The molecule has 0 radical (unpaired) electrons. The Morgan fingerprint density at radius 1 is 1.06 bits per heavy atom. The highest BCUT2D eigenvalue weighted by Crippen LogP contribution is 2.48. The normalized spacial score (nSPS) is 25.3. The number of amides is 4. The third-order valence-electron chi connectivity index (χ3n) is 13.1. The van der Waals surface area contributed by atoms with Crippen molar-refractivity contribution in [3.63, 3.8) is 0 Å². The number of alkyl carbamates (subject to hydrolysis) is 1. The molecule has 3 fully saturated rings. The van der Waals surface area contributed by atoms with Crippen LogP contribution in [-0.2, 0) is 35.2 Å². The molecule has 0 spiro atoms. The molecule has 15 nitrogen and oxygen atoms in total. The number of carbonyl (C=O) groups excluding carboxylic acids is 4. The molecule has 4 aliphatic rings. The van der Waals surface area contributed by atoms with Gasteiger partial charge in [0.1, 0.15) is 45.6 Å². The second kappa shape index (κ2) is 18.9. The number of thiazole rings is 1. The number of allylic oxidation sites excluding steroid dienone is 1. The van der Waals surface area contributed by atoms with Gasteiger partial charge in [-0.15, -0.1) is 24.5 Å². The summed E-state index contributed by atoms with van der Waals surface area (Å²) in [6.07, 6.45) is 2.70. The second-order valence-electron chi connectivity index (χ2n) is 20.1. The number of rotatable bonds is 11. The summed E-state index contributed by atoms with van der Waals surface area (Å²) in [4.78, 5) is 68.3. The first-order valence-electron chi connectivity index (χ1n) is 23.4. The van der Waals surface area contributed by atoms with Crippen LogP contribution in [0.15, 0.2) is 60.0 Å². The first kappa shape index (κ1) is 49.8. The summed E-state index contributed by atoms with van der Waals surface area (Å²) in [5, 5.41) is 8.34. The van der Waals surface area contributed by atoms with E-state index in [0.29, 0.717) is 48.3 Å². The summed E-state index contributed by atoms with van der Waals surface area (Å²) in [5.41, 5.74) is 1.27. The summed E-state index contributed by atoms with van der Waals surface area (Å²) < 4.78 is 72.2. The van der Waals surface area contributed by atoms with Crippen LogP contribution >= 0.6 is 11.3 Å². The Kier molecular flexibility index (Phi) is 13.7. The minimum Gasteiger partial charge on any atom is -0.459 e. The van der Waals surface area contributed by atoms with E-state index in [9.17, 15) is 36.6 Å². The molecular formula is C49H60F3N7O8S2. The maximum absolute atomic E-state index is 14.8. The molecule has 6 atom stereocenters. The van der Waals surface area contributed by atoms with Gasteiger partial charge < -0.3 is 29.7 Å². The summed E-state index contributed by atoms with van der Waals surface area (Å²) in [5.74, 6) is 1.54. The number of hydrogen-bond acceptors (Lipinski definition) is 11. The predicted octanol–water partition coefficient (Wildman–Crippen LogP) is 8.17. The lowest BCUT2D eigenvalue weighted by atomic mass is 10.0. The van der Waals surface area contributed by atoms with Gasteiger partial charge in [0.2, 0.25) is 11.8 Å². The van der Waals surface area contributed by atoms with E-state index < -0.39 is 74.0 Å². The van der Waals surface area contributed by atoms with Crippen LogP contribution in [0.5, 0.6) is 11.8 Å². The minimum absolute atomic E-state index is 0.0202. The fourth-order valence-electron chi connectivity index (χ4n) is 9.01. The van der Waals surface area contributed by atoms with Gasteiger partial charge in [-0.3, -0.25) is 23.7 Å². The molecule has 372 valence electrons. The van der Waals surface area contributed by atoms with Crippen LogP contribution in [0, 0.1) is 5.92 Å². The van der Waals surface area contributed by atoms with Crippen LogP contribution in [0.4, 0.5) is 18.0 Å². The zero-order valence-electron chi connectivity index (χ0n) is 39.7. The first-order valence-corrected chi connectivity index (χ1v) is 26.0. The van der Waals surface area contributed by atoms with Crippen molar-refractivity contribution in [1.82, 2.24) is 34.8 Å². The molecule has 69 heavy (non-hydrogen) atoms. The Labute approximate surface area is 404 Å². The highest BCUT2D eigenvalue weighted by Gasteiger charge is 2.62. The van der Waals surface area contributed by atoms with Crippen LogP contribution in [0.3, 0.4) is 0 Å². The highest BCUT2D eigenvalue weighted by atomic mass is 32.2. The molecule has 8 rings (SSSR count). The Morgan fingerprint density at radius 2 is 1.80 bits per heavy atom. The van der Waals surface area contributed by atoms with E-state index >= 15 is 0 Å². The SMILES string of the molecule is C=S(=O)(NC(=O)[C@@]12C[C@H]1/C=C\CCCCC[C@H](NC(=O)OC(C)(C)C)C(=O)N1C[C@H](Oc3nc4c(-c5nc(Cc6ccc(OC(F)(F)F)cc6)cs5)cccc4n3C(C)C)C[C@H]1C(=O)N2)C1(C)CC1. The fourth-order valence-corrected chi connectivity index (χ4v) is 11.3. The zero-order chi connectivity index (χ0) is 49.7. The summed E-state index contributed by atoms with van der Waals surface area (Å²) in [6.45, 7) is 10.9. The van der Waals surface area contributed by atoms with Crippen molar-refractivity contribution >= 4 is 61.8 Å². The highest BCUT2D eigenvalue weighted by molar-refractivity contribution is 8.00. The molecule has 3 N–H and O–H groups in total. The van der Waals surface area contributed by atoms with Crippen molar-refractivity contribution in [3.05, 3.63) is 71.3 Å². The standard InChI is InChI=1S/C49H60F3N7O8S2/c1-29(2)59-37-17-13-15-35(41-53-32(28-68-41)24-30-18-20-33(21-19-30)66-49(50,51)52)39(37)55-44(59)65-34-25-38-40(60)56-48(43(62)57-69(7,64)47(6)22-23-47)26-31(48)14-11-9-8-10-12-16-36(42(61)58(38)27-34)54-45(63)67-46(3,4)5/h11,13-15,17-21,28-29,31,34,36,38H,7-10,12,16,22-27H2,1-6H3,(H,54,63)(H,56,60)(H,57,62,64)/b14-11-/t31-,34-,36+,38+,48-,69?/m1/s1. The Bertz CT molecular complexity index is 2740. The van der Waals surface area contributed by atoms with Gasteiger partial charge in [-0.05, 0) is 116 Å². The van der Waals surface area contributed by atoms with E-state index in [1.54, 1.807) is 32.9 Å². The molecule has 4 heterocycles. The largest absolute Gasteiger partial charge is 0.573 e. The van der Waals surface area contributed by atoms with E-state index in [-0.39, 0.29) is 49.5 Å². The Hall–Kier alpha value is -5.63. The van der Waals surface area contributed by atoms with Gasteiger partial charge in [0.15, 0.2) is 0 Å². The number of imidazole rings is 1. The van der Waals surface area contributed by atoms with E-state index in [2.05, 4.69) is 26.0 Å². The van der Waals surface area contributed by atoms with Gasteiger partial charge in [0.05, 0.1) is 32.2 Å². The maximum atomic E-state index is 14.8. The average Bonchev–Trinajstić information content (AvgIpc) is 3.94. The van der Waals surface area contributed by atoms with Gasteiger partial charge in [0.25, 0.3) is 11.9 Å². The molecule has 1 saturated heterocycles. The van der Waals surface area contributed by atoms with Crippen LogP contribution < -0.4 is 24.8 Å². The molecule has 2 aromatic carbocycles. The van der Waals surface area contributed by atoms with Crippen LogP contribution in [0.2, 0.25) is 0 Å². The number of nitrogens with one attached hydrogen (secondary N) is 3. The maximum Gasteiger partial charge on any atom is 0.573 e. The second-order valence-corrected chi connectivity index (χ2v) is 23.5. The molecule has 20 heteroatoms. The van der Waals surface area contributed by atoms with E-state index in [1.165, 1.54) is 28.4 Å². The third kappa shape index (κ3) is 11.2. The van der Waals surface area contributed by atoms with E-state index in [0.717, 1.165) is 29.5 Å². The van der Waals surface area contributed by atoms with Crippen molar-refractivity contribution in [2.75, 3.05) is 6.54 Å². The topological polar surface area (TPSA) is 183 Å². The van der Waals surface area contributed by atoms with Gasteiger partial charge in [-0.25, -0.2) is 14.0 Å². The number of carbonyl (C=O) groups is 4. The number of para-hydroxylation sites is 1. The van der Waals surface area contributed by atoms with Crippen molar-refractivity contribution in [2.24, 2.45) is 5.92 Å². The number of hydrogen-bond donors (Lipinski definition) is 3. The lowest BCUT2D eigenvalue weighted by Crippen LogP contribution is -2.58. The molecule has 2 saturated carbocycles. The number of nitrogens with zero attached hydrogens (tertiary/aromatic N) is 4. The molecular weight excluding hydrogens is 936 g/mol. The van der Waals surface area contributed by atoms with Crippen LogP contribution in [0.1, 0.15) is 117 Å². The van der Waals surface area contributed by atoms with Gasteiger partial charge in [-0.2, -0.15) is 4.98 Å². The number of fused-ring (bicyclic) bond motifs is 3. The Balaban J connectivity index is 1.08. The molecule has 4 amide bonds. The van der Waals surface area contributed by atoms with Gasteiger partial charge in [0, 0.05) is 35.7 Å². The minimum atomic E-state index is -4.79. The monoisotopic (exact) mass is 995 g/mol. The van der Waals surface area contributed by atoms with Gasteiger partial charge >= 0.3 is 12.5 Å². The van der Waals surface area contributed by atoms with Crippen molar-refractivity contribution in [1.29, 1.82) is 0 Å². The summed E-state index contributed by atoms with van der Waals surface area (Å²) in [7, 11) is -3.05. The summed E-state index contributed by atoms with van der Waals surface area (Å²) >= 11 is 1.40. The number of ether oxygens (including phenoxy) is 3. The predicted molar refractivity (Wildman–Crippen MR) is 257 cm³/mol. The molecule has 4 aromatic rings. The molecule has 2 aliphatic carbocycles. The first-order chi connectivity index (χ1) is 32.4. The quantitative estimate of drug-likeness (QED) is 0.0979. The number of aromatic nitrogens is 3. The lowest BCUT2D eigenvalue weighted by molar-refractivity contribution is -0.274. The molecule has 1 unspecified atom stereocenters. The summed E-state index contributed by atoms with van der Waals surface area (Å²) in [6, 6.07) is 9.27. The van der Waals surface area contributed by atoms with E-state index in [1.807, 2.05) is 61.1 Å². The number of benzene rings is 2. The molecule has 2 aromatic heterocycles. The molecule has 0 bridgehead atoms. The lowest BCUT2D eigenvalue weighted by Gasteiger charge is -2.30. The van der Waals surface area contributed by atoms with Gasteiger partial charge in [-0.1, -0.05) is 43.2 Å². The Morgan fingerprint density at radius 3 is 2.48 bits per heavy atom. The third-order valence-corrected chi connectivity index (χ3v) is 16.6. The zero-order valence-corrected chi connectivity index (χ0v) is 41.3. The fraction of sp³-hybridized carbons (Fsp3) is 0.531. The number of alkyl halides is 3. The van der Waals surface area contributed by atoms with Crippen molar-refractivity contribution in [3.8, 4) is 22.3 Å². The van der Waals surface area contributed by atoms with E-state index in [4.69, 9.17) is 19.4 Å². The molecule has 2 aliphatic heterocycles. The van der Waals surface area contributed by atoms with Crippen LogP contribution in [0.25, 0.3) is 21.6 Å². The van der Waals surface area contributed by atoms with Crippen LogP contribution in [-0.4, -0.2) is 100 Å². The average molecular weight is 996 g/mol. The smallest absolute Gasteiger partial charge is 0.459 e. The van der Waals surface area contributed by atoms with Crippen molar-refractivity contribution in [2.45, 2.75) is 152 Å². The van der Waals surface area contributed by atoms with Crippen molar-refractivity contribution < 1.29 is 50.8 Å².